The summed E-state index contributed by atoms with van der Waals surface area (Å²) in [5.74, 6) is -0.0189. The predicted molar refractivity (Wildman–Crippen MR) is 95.0 cm³/mol. The van der Waals surface area contributed by atoms with Gasteiger partial charge in [-0.2, -0.15) is 0 Å². The number of amides is 1. The first-order valence-corrected chi connectivity index (χ1v) is 11.5. The lowest BCUT2D eigenvalue weighted by Crippen LogP contribution is -2.44. The normalized spacial score (nSPS) is 19.4. The molecule has 1 saturated heterocycles. The molecule has 0 aliphatic carbocycles. The number of sulfonamides is 1. The molecule has 1 unspecified atom stereocenters. The van der Waals surface area contributed by atoms with Gasteiger partial charge in [-0.05, 0) is 37.6 Å². The fourth-order valence-corrected chi connectivity index (χ4v) is 5.12. The number of nitrogens with one attached hydrogen (secondary N) is 1. The SMILES string of the molecule is CCOc1ccc(N(CC(=O)NC2CCS(=O)(=O)C2)S(C)(=O)=O)cc1. The standard InChI is InChI=1S/C15H22N2O6S2/c1-3-23-14-6-4-13(5-7-14)17(24(2,19)20)10-15(18)16-12-8-9-25(21,22)11-12/h4-7,12H,3,8-11H2,1-2H3,(H,16,18). The van der Waals surface area contributed by atoms with Gasteiger partial charge in [0.15, 0.2) is 9.84 Å². The Hall–Kier alpha value is -1.81. The zero-order chi connectivity index (χ0) is 18.7. The third kappa shape index (κ3) is 5.60. The second-order valence-corrected chi connectivity index (χ2v) is 10.00. The van der Waals surface area contributed by atoms with Crippen molar-refractivity contribution in [3.63, 3.8) is 0 Å². The zero-order valence-electron chi connectivity index (χ0n) is 14.1. The average Bonchev–Trinajstić information content (AvgIpc) is 2.84. The molecule has 1 aromatic rings. The quantitative estimate of drug-likeness (QED) is 0.710. The molecule has 1 fully saturated rings. The molecule has 0 aromatic heterocycles. The van der Waals surface area contributed by atoms with Gasteiger partial charge in [-0.3, -0.25) is 9.10 Å². The minimum Gasteiger partial charge on any atom is -0.494 e. The van der Waals surface area contributed by atoms with Crippen molar-refractivity contribution in [1.82, 2.24) is 5.32 Å². The molecule has 140 valence electrons. The summed E-state index contributed by atoms with van der Waals surface area (Å²) >= 11 is 0. The monoisotopic (exact) mass is 390 g/mol. The van der Waals surface area contributed by atoms with Crippen molar-refractivity contribution in [3.8, 4) is 5.75 Å². The van der Waals surface area contributed by atoms with Gasteiger partial charge in [0.1, 0.15) is 12.3 Å². The summed E-state index contributed by atoms with van der Waals surface area (Å²) in [6.07, 6.45) is 1.35. The molecule has 0 spiro atoms. The number of benzene rings is 1. The van der Waals surface area contributed by atoms with Crippen LogP contribution < -0.4 is 14.4 Å². The number of nitrogens with zero attached hydrogens (tertiary/aromatic N) is 1. The smallest absolute Gasteiger partial charge is 0.241 e. The van der Waals surface area contributed by atoms with Gasteiger partial charge >= 0.3 is 0 Å². The summed E-state index contributed by atoms with van der Waals surface area (Å²) in [6, 6.07) is 5.88. The van der Waals surface area contributed by atoms with Crippen LogP contribution in [0.25, 0.3) is 0 Å². The third-order valence-corrected chi connectivity index (χ3v) is 6.63. The molecule has 0 radical (unpaired) electrons. The second kappa shape index (κ2) is 7.61. The summed E-state index contributed by atoms with van der Waals surface area (Å²) in [4.78, 5) is 12.2. The Labute approximate surface area is 148 Å². The van der Waals surface area contributed by atoms with Gasteiger partial charge in [0.05, 0.1) is 30.1 Å². The van der Waals surface area contributed by atoms with Gasteiger partial charge in [0, 0.05) is 6.04 Å². The lowest BCUT2D eigenvalue weighted by Gasteiger charge is -2.23. The van der Waals surface area contributed by atoms with Crippen molar-refractivity contribution in [1.29, 1.82) is 0 Å². The van der Waals surface area contributed by atoms with E-state index >= 15 is 0 Å². The van der Waals surface area contributed by atoms with Crippen molar-refractivity contribution >= 4 is 31.5 Å². The van der Waals surface area contributed by atoms with Crippen molar-refractivity contribution in [3.05, 3.63) is 24.3 Å². The van der Waals surface area contributed by atoms with E-state index in [-0.39, 0.29) is 11.5 Å². The third-order valence-electron chi connectivity index (χ3n) is 3.72. The first-order chi connectivity index (χ1) is 11.6. The number of hydrogen-bond acceptors (Lipinski definition) is 6. The molecule has 1 atom stereocenters. The Morgan fingerprint density at radius 3 is 2.44 bits per heavy atom. The highest BCUT2D eigenvalue weighted by molar-refractivity contribution is 7.92. The highest BCUT2D eigenvalue weighted by Gasteiger charge is 2.30. The summed E-state index contributed by atoms with van der Waals surface area (Å²) in [5.41, 5.74) is 0.333. The van der Waals surface area contributed by atoms with Gasteiger partial charge in [-0.25, -0.2) is 16.8 Å². The van der Waals surface area contributed by atoms with Crippen LogP contribution in [0, 0.1) is 0 Å². The van der Waals surface area contributed by atoms with E-state index in [0.29, 0.717) is 24.5 Å². The molecule has 1 aliphatic rings. The van der Waals surface area contributed by atoms with E-state index in [1.54, 1.807) is 24.3 Å². The minimum atomic E-state index is -3.68. The number of sulfone groups is 1. The molecule has 1 aliphatic heterocycles. The Balaban J connectivity index is 2.09. The Bertz CT molecular complexity index is 818. The fraction of sp³-hybridized carbons (Fsp3) is 0.533. The average molecular weight is 390 g/mol. The summed E-state index contributed by atoms with van der Waals surface area (Å²) < 4.78 is 53.2. The lowest BCUT2D eigenvalue weighted by atomic mass is 10.2. The predicted octanol–water partition coefficient (Wildman–Crippen LogP) is 0.155. The number of rotatable bonds is 7. The summed E-state index contributed by atoms with van der Waals surface area (Å²) in [5, 5.41) is 2.59. The maximum Gasteiger partial charge on any atom is 0.241 e. The van der Waals surface area contributed by atoms with E-state index < -0.39 is 38.4 Å². The molecule has 0 saturated carbocycles. The van der Waals surface area contributed by atoms with Crippen LogP contribution in [-0.4, -0.2) is 59.7 Å². The van der Waals surface area contributed by atoms with Gasteiger partial charge in [-0.1, -0.05) is 0 Å². The molecule has 1 N–H and O–H groups in total. The summed E-state index contributed by atoms with van der Waals surface area (Å²) in [6.45, 7) is 1.91. The summed E-state index contributed by atoms with van der Waals surface area (Å²) in [7, 11) is -6.80. The van der Waals surface area contributed by atoms with Gasteiger partial charge in [0.25, 0.3) is 0 Å². The van der Waals surface area contributed by atoms with Crippen LogP contribution in [0.3, 0.4) is 0 Å². The largest absolute Gasteiger partial charge is 0.494 e. The van der Waals surface area contributed by atoms with Crippen molar-refractivity contribution in [2.24, 2.45) is 0 Å². The van der Waals surface area contributed by atoms with Gasteiger partial charge < -0.3 is 10.1 Å². The molecule has 0 bridgehead atoms. The van der Waals surface area contributed by atoms with Crippen LogP contribution in [0.5, 0.6) is 5.75 Å². The van der Waals surface area contributed by atoms with E-state index in [1.165, 1.54) is 0 Å². The van der Waals surface area contributed by atoms with Crippen LogP contribution in [0.2, 0.25) is 0 Å². The van der Waals surface area contributed by atoms with Crippen molar-refractivity contribution < 1.29 is 26.4 Å². The number of carbonyl (C=O) groups excluding carboxylic acids is 1. The molecule has 25 heavy (non-hydrogen) atoms. The number of anilines is 1. The number of hydrogen-bond donors (Lipinski definition) is 1. The van der Waals surface area contributed by atoms with E-state index in [1.807, 2.05) is 6.92 Å². The second-order valence-electron chi connectivity index (χ2n) is 5.86. The highest BCUT2D eigenvalue weighted by atomic mass is 32.2. The Kier molecular flexibility index (Phi) is 5.94. The minimum absolute atomic E-state index is 0.0344. The van der Waals surface area contributed by atoms with E-state index in [4.69, 9.17) is 4.74 Å². The zero-order valence-corrected chi connectivity index (χ0v) is 15.8. The van der Waals surface area contributed by atoms with Crippen molar-refractivity contribution in [2.45, 2.75) is 19.4 Å². The van der Waals surface area contributed by atoms with Gasteiger partial charge in [0.2, 0.25) is 15.9 Å². The maximum absolute atomic E-state index is 12.2. The van der Waals surface area contributed by atoms with Crippen LogP contribution in [0.15, 0.2) is 24.3 Å². The molecular weight excluding hydrogens is 368 g/mol. The lowest BCUT2D eigenvalue weighted by molar-refractivity contribution is -0.120. The first-order valence-electron chi connectivity index (χ1n) is 7.81. The van der Waals surface area contributed by atoms with Crippen molar-refractivity contribution in [2.75, 3.05) is 35.2 Å². The van der Waals surface area contributed by atoms with E-state index in [0.717, 1.165) is 10.6 Å². The number of carbonyl (C=O) groups is 1. The van der Waals surface area contributed by atoms with E-state index in [9.17, 15) is 21.6 Å². The first kappa shape index (κ1) is 19.5. The van der Waals surface area contributed by atoms with Crippen LogP contribution in [0.4, 0.5) is 5.69 Å². The molecular formula is C15H22N2O6S2. The number of ether oxygens (including phenoxy) is 1. The Morgan fingerprint density at radius 1 is 1.32 bits per heavy atom. The van der Waals surface area contributed by atoms with Crippen LogP contribution in [0.1, 0.15) is 13.3 Å². The topological polar surface area (TPSA) is 110 Å². The molecule has 1 heterocycles. The van der Waals surface area contributed by atoms with Crippen LogP contribution >= 0.6 is 0 Å². The molecule has 8 nitrogen and oxygen atoms in total. The Morgan fingerprint density at radius 2 is 1.96 bits per heavy atom. The van der Waals surface area contributed by atoms with Gasteiger partial charge in [-0.15, -0.1) is 0 Å². The molecule has 1 aromatic carbocycles. The van der Waals surface area contributed by atoms with E-state index in [2.05, 4.69) is 5.32 Å². The fourth-order valence-electron chi connectivity index (χ4n) is 2.59. The highest BCUT2D eigenvalue weighted by Crippen LogP contribution is 2.21. The molecule has 10 heteroatoms. The molecule has 2 rings (SSSR count). The maximum atomic E-state index is 12.2. The van der Waals surface area contributed by atoms with Crippen LogP contribution in [-0.2, 0) is 24.7 Å². The molecule has 1 amide bonds.